The average Bonchev–Trinajstić information content (AvgIpc) is 2.46. The van der Waals surface area contributed by atoms with Crippen LogP contribution in [-0.2, 0) is 0 Å². The number of para-hydroxylation sites is 2. The zero-order valence-corrected chi connectivity index (χ0v) is 13.2. The molecule has 104 valence electrons. The van der Waals surface area contributed by atoms with Crippen molar-refractivity contribution in [1.82, 2.24) is 4.42 Å². The topological polar surface area (TPSA) is 6.48 Å². The third-order valence-electron chi connectivity index (χ3n) is 3.59. The van der Waals surface area contributed by atoms with Gasteiger partial charge in [-0.2, -0.15) is 0 Å². The first-order valence-corrected chi connectivity index (χ1v) is 7.84. The first-order chi connectivity index (χ1) is 9.66. The van der Waals surface area contributed by atoms with Gasteiger partial charge in [0.25, 0.3) is 0 Å². The van der Waals surface area contributed by atoms with Crippen molar-refractivity contribution < 1.29 is 0 Å². The third-order valence-corrected chi connectivity index (χ3v) is 5.05. The van der Waals surface area contributed by atoms with Crippen molar-refractivity contribution in [2.45, 2.75) is 22.8 Å². The van der Waals surface area contributed by atoms with E-state index in [0.29, 0.717) is 0 Å². The summed E-state index contributed by atoms with van der Waals surface area (Å²) in [5.74, 6) is 0. The molecule has 0 radical (unpaired) electrons. The van der Waals surface area contributed by atoms with Gasteiger partial charge in [0.2, 0.25) is 0 Å². The van der Waals surface area contributed by atoms with Gasteiger partial charge in [0, 0.05) is 29.4 Å². The molecule has 3 rings (SSSR count). The fraction of sp³-hybridized carbons (Fsp3) is 0.250. The summed E-state index contributed by atoms with van der Waals surface area (Å²) in [5.41, 5.74) is 2.53. The Morgan fingerprint density at radius 2 is 1.55 bits per heavy atom. The van der Waals surface area contributed by atoms with Crippen LogP contribution in [0.2, 0.25) is 0 Å². The third kappa shape index (κ3) is 2.53. The lowest BCUT2D eigenvalue weighted by atomic mass is 10.2. The van der Waals surface area contributed by atoms with Gasteiger partial charge in [-0.1, -0.05) is 36.0 Å². The Labute approximate surface area is 129 Å². The van der Waals surface area contributed by atoms with E-state index in [1.165, 1.54) is 21.2 Å². The molecule has 0 bridgehead atoms. The fourth-order valence-corrected chi connectivity index (χ4v) is 3.51. The van der Waals surface area contributed by atoms with E-state index in [0.717, 1.165) is 6.54 Å². The van der Waals surface area contributed by atoms with Gasteiger partial charge in [-0.25, -0.2) is 4.42 Å². The van der Waals surface area contributed by atoms with Crippen molar-refractivity contribution >= 4 is 34.9 Å². The van der Waals surface area contributed by atoms with Crippen molar-refractivity contribution in [3.05, 3.63) is 48.5 Å². The molecule has 4 heteroatoms. The molecular weight excluding hydrogens is 288 g/mol. The minimum atomic E-state index is 0.265. The SMILES string of the molecule is CC(CN1c2ccccc2Sc2ccccc21)N(C)Cl. The summed E-state index contributed by atoms with van der Waals surface area (Å²) in [6, 6.07) is 17.4. The van der Waals surface area contributed by atoms with E-state index >= 15 is 0 Å². The van der Waals surface area contributed by atoms with Gasteiger partial charge in [-0.15, -0.1) is 0 Å². The second-order valence-electron chi connectivity index (χ2n) is 5.02. The van der Waals surface area contributed by atoms with Crippen LogP contribution in [0.25, 0.3) is 0 Å². The van der Waals surface area contributed by atoms with Gasteiger partial charge in [0.15, 0.2) is 0 Å². The summed E-state index contributed by atoms with van der Waals surface area (Å²) in [4.78, 5) is 4.97. The predicted octanol–water partition coefficient (Wildman–Crippen LogP) is 4.76. The Hall–Kier alpha value is -1.16. The fourth-order valence-electron chi connectivity index (χ4n) is 2.35. The predicted molar refractivity (Wildman–Crippen MR) is 87.1 cm³/mol. The lowest BCUT2D eigenvalue weighted by Crippen LogP contribution is -2.35. The number of hydrogen-bond donors (Lipinski definition) is 0. The molecule has 2 aromatic carbocycles. The number of halogens is 1. The largest absolute Gasteiger partial charge is 0.338 e. The van der Waals surface area contributed by atoms with Gasteiger partial charge in [-0.05, 0) is 43.0 Å². The number of fused-ring (bicyclic) bond motifs is 2. The molecule has 0 N–H and O–H groups in total. The highest BCUT2D eigenvalue weighted by Gasteiger charge is 2.24. The first-order valence-electron chi connectivity index (χ1n) is 6.69. The van der Waals surface area contributed by atoms with Gasteiger partial charge < -0.3 is 4.90 Å². The van der Waals surface area contributed by atoms with Crippen LogP contribution in [0.5, 0.6) is 0 Å². The zero-order chi connectivity index (χ0) is 14.1. The molecular formula is C16H17ClN2S. The highest BCUT2D eigenvalue weighted by atomic mass is 35.5. The van der Waals surface area contributed by atoms with Crippen LogP contribution in [0.1, 0.15) is 6.92 Å². The van der Waals surface area contributed by atoms with Crippen molar-refractivity contribution in [2.24, 2.45) is 0 Å². The minimum Gasteiger partial charge on any atom is -0.338 e. The highest BCUT2D eigenvalue weighted by Crippen LogP contribution is 2.47. The van der Waals surface area contributed by atoms with Crippen molar-refractivity contribution in [3.63, 3.8) is 0 Å². The van der Waals surface area contributed by atoms with Gasteiger partial charge in [-0.3, -0.25) is 0 Å². The van der Waals surface area contributed by atoms with E-state index in [1.807, 2.05) is 18.8 Å². The molecule has 0 spiro atoms. The molecule has 0 aliphatic carbocycles. The lowest BCUT2D eigenvalue weighted by molar-refractivity contribution is 0.427. The zero-order valence-electron chi connectivity index (χ0n) is 11.6. The minimum absolute atomic E-state index is 0.265. The first kappa shape index (κ1) is 13.8. The Morgan fingerprint density at radius 3 is 2.05 bits per heavy atom. The number of rotatable bonds is 3. The van der Waals surface area contributed by atoms with E-state index in [-0.39, 0.29) is 6.04 Å². The molecule has 1 aliphatic heterocycles. The molecule has 2 aromatic rings. The monoisotopic (exact) mass is 304 g/mol. The van der Waals surface area contributed by atoms with Crippen LogP contribution in [0, 0.1) is 0 Å². The van der Waals surface area contributed by atoms with Crippen LogP contribution in [-0.4, -0.2) is 24.1 Å². The molecule has 20 heavy (non-hydrogen) atoms. The maximum Gasteiger partial charge on any atom is 0.0553 e. The van der Waals surface area contributed by atoms with Gasteiger partial charge in [0.1, 0.15) is 0 Å². The second kappa shape index (κ2) is 5.68. The van der Waals surface area contributed by atoms with E-state index < -0.39 is 0 Å². The molecule has 0 saturated carbocycles. The molecule has 0 saturated heterocycles. The van der Waals surface area contributed by atoms with Crippen LogP contribution < -0.4 is 4.90 Å². The highest BCUT2D eigenvalue weighted by molar-refractivity contribution is 7.99. The van der Waals surface area contributed by atoms with Crippen LogP contribution in [0.4, 0.5) is 11.4 Å². The number of anilines is 2. The number of nitrogens with zero attached hydrogens (tertiary/aromatic N) is 2. The molecule has 1 unspecified atom stereocenters. The Kier molecular flexibility index (Phi) is 3.92. The summed E-state index contributed by atoms with van der Waals surface area (Å²) in [5, 5.41) is 0. The van der Waals surface area contributed by atoms with Gasteiger partial charge >= 0.3 is 0 Å². The second-order valence-corrected chi connectivity index (χ2v) is 6.64. The van der Waals surface area contributed by atoms with E-state index in [4.69, 9.17) is 11.8 Å². The standard InChI is InChI=1S/C16H17ClN2S/c1-12(18(2)17)11-19-13-7-3-5-9-15(13)20-16-10-6-4-8-14(16)19/h3-10,12H,11H2,1-2H3. The summed E-state index contributed by atoms with van der Waals surface area (Å²) >= 11 is 7.94. The number of likely N-dealkylation sites (N-methyl/N-ethyl adjacent to an activating group) is 1. The van der Waals surface area contributed by atoms with Crippen molar-refractivity contribution in [2.75, 3.05) is 18.5 Å². The summed E-state index contributed by atoms with van der Waals surface area (Å²) in [6.07, 6.45) is 0. The molecule has 0 amide bonds. The maximum atomic E-state index is 6.10. The Morgan fingerprint density at radius 1 is 1.05 bits per heavy atom. The van der Waals surface area contributed by atoms with E-state index in [1.54, 1.807) is 4.42 Å². The molecule has 0 fully saturated rings. The molecule has 1 heterocycles. The van der Waals surface area contributed by atoms with Crippen molar-refractivity contribution in [1.29, 1.82) is 0 Å². The summed E-state index contributed by atoms with van der Waals surface area (Å²) < 4.78 is 1.74. The quantitative estimate of drug-likeness (QED) is 0.755. The normalized spacial score (nSPS) is 14.9. The number of benzene rings is 2. The Balaban J connectivity index is 2.03. The summed E-state index contributed by atoms with van der Waals surface area (Å²) in [6.45, 7) is 3.01. The van der Waals surface area contributed by atoms with Crippen LogP contribution in [0.15, 0.2) is 58.3 Å². The maximum absolute atomic E-state index is 6.10. The molecule has 0 aromatic heterocycles. The van der Waals surface area contributed by atoms with E-state index in [2.05, 4.69) is 60.4 Å². The lowest BCUT2D eigenvalue weighted by Gasteiger charge is -2.35. The average molecular weight is 305 g/mol. The summed E-state index contributed by atoms with van der Waals surface area (Å²) in [7, 11) is 1.91. The number of hydrogen-bond acceptors (Lipinski definition) is 3. The van der Waals surface area contributed by atoms with E-state index in [9.17, 15) is 0 Å². The van der Waals surface area contributed by atoms with Crippen LogP contribution in [0.3, 0.4) is 0 Å². The smallest absolute Gasteiger partial charge is 0.0553 e. The van der Waals surface area contributed by atoms with Crippen LogP contribution >= 0.6 is 23.5 Å². The molecule has 2 nitrogen and oxygen atoms in total. The van der Waals surface area contributed by atoms with Crippen molar-refractivity contribution in [3.8, 4) is 0 Å². The molecule has 1 atom stereocenters. The molecule has 1 aliphatic rings. The Bertz CT molecular complexity index is 569. The van der Waals surface area contributed by atoms with Gasteiger partial charge in [0.05, 0.1) is 11.4 Å².